The molecule has 0 atom stereocenters. The van der Waals surface area contributed by atoms with Crippen molar-refractivity contribution in [2.75, 3.05) is 13.2 Å². The van der Waals surface area contributed by atoms with Gasteiger partial charge in [0.25, 0.3) is 0 Å². The van der Waals surface area contributed by atoms with E-state index in [-0.39, 0.29) is 0 Å². The molecular weight excluding hydrogens is 112 g/mol. The molecule has 1 heteroatoms. The zero-order valence-corrected chi connectivity index (χ0v) is 5.94. The zero-order chi connectivity index (χ0) is 6.95. The number of unbranched alkanes of at least 4 members (excludes halogenated alkanes) is 1. The largest absolute Gasteiger partial charge is 0.380 e. The van der Waals surface area contributed by atoms with Crippen LogP contribution in [0.1, 0.15) is 26.2 Å². The van der Waals surface area contributed by atoms with Gasteiger partial charge in [0.1, 0.15) is 0 Å². The van der Waals surface area contributed by atoms with Gasteiger partial charge in [0.05, 0.1) is 6.61 Å². The van der Waals surface area contributed by atoms with Crippen molar-refractivity contribution in [3.63, 3.8) is 0 Å². The van der Waals surface area contributed by atoms with E-state index in [1.54, 1.807) is 0 Å². The molecule has 1 radical (unpaired) electrons. The van der Waals surface area contributed by atoms with Gasteiger partial charge in [-0.05, 0) is 12.8 Å². The van der Waals surface area contributed by atoms with Crippen LogP contribution in [0.5, 0.6) is 0 Å². The van der Waals surface area contributed by atoms with Gasteiger partial charge in [-0.1, -0.05) is 19.3 Å². The van der Waals surface area contributed by atoms with Crippen LogP contribution < -0.4 is 0 Å². The summed E-state index contributed by atoms with van der Waals surface area (Å²) < 4.78 is 5.13. The third-order valence-electron chi connectivity index (χ3n) is 1.01. The smallest absolute Gasteiger partial charge is 0.0575 e. The Morgan fingerprint density at radius 2 is 2.22 bits per heavy atom. The van der Waals surface area contributed by atoms with Gasteiger partial charge in [0, 0.05) is 13.0 Å². The van der Waals surface area contributed by atoms with E-state index in [1.807, 2.05) is 0 Å². The van der Waals surface area contributed by atoms with E-state index in [9.17, 15) is 0 Å². The van der Waals surface area contributed by atoms with Crippen LogP contribution in [0.15, 0.2) is 0 Å². The third kappa shape index (κ3) is 7.52. The highest BCUT2D eigenvalue weighted by molar-refractivity contribution is 4.73. The lowest BCUT2D eigenvalue weighted by atomic mass is 10.4. The molecule has 0 saturated carbocycles. The van der Waals surface area contributed by atoms with Crippen molar-refractivity contribution in [2.24, 2.45) is 0 Å². The summed E-state index contributed by atoms with van der Waals surface area (Å²) in [5.74, 6) is 2.27. The standard InChI is InChI=1S/C8H13O/c1-3-5-7-9-8-6-4-2/h3,5-8H2,1H3. The fraction of sp³-hybridized carbons (Fsp3) is 0.750. The lowest BCUT2D eigenvalue weighted by Gasteiger charge is -1.97. The average molecular weight is 125 g/mol. The van der Waals surface area contributed by atoms with Gasteiger partial charge in [-0.3, -0.25) is 0 Å². The van der Waals surface area contributed by atoms with E-state index in [0.29, 0.717) is 13.0 Å². The van der Waals surface area contributed by atoms with Crippen molar-refractivity contribution in [1.29, 1.82) is 0 Å². The lowest BCUT2D eigenvalue weighted by Crippen LogP contribution is -1.94. The highest BCUT2D eigenvalue weighted by Gasteiger charge is 1.83. The van der Waals surface area contributed by atoms with Crippen LogP contribution in [0.25, 0.3) is 0 Å². The minimum absolute atomic E-state index is 0.629. The Balaban J connectivity index is 2.69. The van der Waals surface area contributed by atoms with Crippen molar-refractivity contribution >= 4 is 0 Å². The number of hydrogen-bond donors (Lipinski definition) is 0. The molecule has 51 valence electrons. The van der Waals surface area contributed by atoms with Gasteiger partial charge in [-0.25, -0.2) is 0 Å². The molecule has 0 N–H and O–H groups in total. The number of rotatable bonds is 5. The summed E-state index contributed by atoms with van der Waals surface area (Å²) in [6.45, 7) is 3.62. The molecule has 0 aromatic carbocycles. The third-order valence-corrected chi connectivity index (χ3v) is 1.01. The van der Waals surface area contributed by atoms with Crippen LogP contribution in [0, 0.1) is 12.3 Å². The molecule has 0 rings (SSSR count). The van der Waals surface area contributed by atoms with Crippen LogP contribution in [0.3, 0.4) is 0 Å². The van der Waals surface area contributed by atoms with Crippen molar-refractivity contribution in [3.8, 4) is 5.92 Å². The second-order valence-electron chi connectivity index (χ2n) is 1.89. The molecule has 0 bridgehead atoms. The maximum absolute atomic E-state index is 6.55. The SMILES string of the molecule is [C]#CCCOCCCC. The summed E-state index contributed by atoms with van der Waals surface area (Å²) in [6.07, 6.45) is 9.48. The van der Waals surface area contributed by atoms with Crippen molar-refractivity contribution in [2.45, 2.75) is 26.2 Å². The molecule has 0 aromatic rings. The highest BCUT2D eigenvalue weighted by atomic mass is 16.5. The Hall–Kier alpha value is -0.480. The summed E-state index contributed by atoms with van der Waals surface area (Å²) in [7, 11) is 0. The Labute approximate surface area is 57.4 Å². The highest BCUT2D eigenvalue weighted by Crippen LogP contribution is 1.88. The molecule has 0 heterocycles. The average Bonchev–Trinajstić information content (AvgIpc) is 1.89. The summed E-state index contributed by atoms with van der Waals surface area (Å²) in [4.78, 5) is 0. The van der Waals surface area contributed by atoms with E-state index in [0.717, 1.165) is 13.0 Å². The predicted octanol–water partition coefficient (Wildman–Crippen LogP) is 1.78. The molecule has 0 aromatic heterocycles. The van der Waals surface area contributed by atoms with E-state index in [1.165, 1.54) is 6.42 Å². The second kappa shape index (κ2) is 7.52. The molecule has 0 aliphatic carbocycles. The Kier molecular flexibility index (Phi) is 7.12. The molecule has 9 heavy (non-hydrogen) atoms. The zero-order valence-electron chi connectivity index (χ0n) is 5.94. The molecule has 0 spiro atoms. The minimum Gasteiger partial charge on any atom is -0.380 e. The predicted molar refractivity (Wildman–Crippen MR) is 37.5 cm³/mol. The van der Waals surface area contributed by atoms with Gasteiger partial charge >= 0.3 is 0 Å². The molecule has 0 aliphatic heterocycles. The van der Waals surface area contributed by atoms with E-state index < -0.39 is 0 Å². The fourth-order valence-electron chi connectivity index (χ4n) is 0.472. The van der Waals surface area contributed by atoms with Gasteiger partial charge in [-0.15, -0.1) is 0 Å². The van der Waals surface area contributed by atoms with Crippen LogP contribution >= 0.6 is 0 Å². The summed E-state index contributed by atoms with van der Waals surface area (Å²) >= 11 is 0. The first-order chi connectivity index (χ1) is 4.41. The Morgan fingerprint density at radius 3 is 2.78 bits per heavy atom. The summed E-state index contributed by atoms with van der Waals surface area (Å²) in [5.41, 5.74) is 0. The van der Waals surface area contributed by atoms with Gasteiger partial charge in [0.15, 0.2) is 0 Å². The van der Waals surface area contributed by atoms with Gasteiger partial charge < -0.3 is 4.74 Å². The van der Waals surface area contributed by atoms with Crippen LogP contribution in [0.4, 0.5) is 0 Å². The number of hydrogen-bond acceptors (Lipinski definition) is 1. The minimum atomic E-state index is 0.629. The van der Waals surface area contributed by atoms with Gasteiger partial charge in [0.2, 0.25) is 0 Å². The monoisotopic (exact) mass is 125 g/mol. The first-order valence-electron chi connectivity index (χ1n) is 3.39. The topological polar surface area (TPSA) is 9.23 Å². The number of ether oxygens (including phenoxy) is 1. The van der Waals surface area contributed by atoms with Crippen molar-refractivity contribution < 1.29 is 4.74 Å². The van der Waals surface area contributed by atoms with Gasteiger partial charge in [-0.2, -0.15) is 0 Å². The second-order valence-corrected chi connectivity index (χ2v) is 1.89. The van der Waals surface area contributed by atoms with Crippen LogP contribution in [-0.2, 0) is 4.74 Å². The molecule has 0 saturated heterocycles. The maximum atomic E-state index is 6.55. The lowest BCUT2D eigenvalue weighted by molar-refractivity contribution is 0.137. The molecule has 0 amide bonds. The molecule has 0 fully saturated rings. The van der Waals surface area contributed by atoms with Crippen LogP contribution in [0.2, 0.25) is 0 Å². The molecule has 0 aliphatic rings. The van der Waals surface area contributed by atoms with E-state index in [2.05, 4.69) is 12.8 Å². The molecule has 1 nitrogen and oxygen atoms in total. The van der Waals surface area contributed by atoms with E-state index >= 15 is 0 Å². The normalized spacial score (nSPS) is 8.89. The van der Waals surface area contributed by atoms with Crippen molar-refractivity contribution in [3.05, 3.63) is 6.42 Å². The molecule has 0 unspecified atom stereocenters. The summed E-state index contributed by atoms with van der Waals surface area (Å²) in [5, 5.41) is 0. The van der Waals surface area contributed by atoms with Crippen molar-refractivity contribution in [1.82, 2.24) is 0 Å². The first-order valence-corrected chi connectivity index (χ1v) is 3.39. The van der Waals surface area contributed by atoms with Crippen LogP contribution in [-0.4, -0.2) is 13.2 Å². The quantitative estimate of drug-likeness (QED) is 0.402. The Morgan fingerprint density at radius 1 is 1.44 bits per heavy atom. The van der Waals surface area contributed by atoms with E-state index in [4.69, 9.17) is 11.2 Å². The fourth-order valence-corrected chi connectivity index (χ4v) is 0.472. The summed E-state index contributed by atoms with van der Waals surface area (Å²) in [6, 6.07) is 0. The first kappa shape index (κ1) is 8.52. The Bertz CT molecular complexity index is 81.1. The molecular formula is C8H13O. The maximum Gasteiger partial charge on any atom is 0.0575 e.